The van der Waals surface area contributed by atoms with Gasteiger partial charge in [0.2, 0.25) is 0 Å². The zero-order chi connectivity index (χ0) is 10.4. The summed E-state index contributed by atoms with van der Waals surface area (Å²) in [6, 6.07) is 8.54. The molecule has 0 bridgehead atoms. The summed E-state index contributed by atoms with van der Waals surface area (Å²) in [6.45, 7) is 2.78. The number of hydrogen-bond donors (Lipinski definition) is 2. The van der Waals surface area contributed by atoms with Crippen LogP contribution in [0.1, 0.15) is 23.6 Å². The Morgan fingerprint density at radius 1 is 1.36 bits per heavy atom. The highest BCUT2D eigenvalue weighted by atomic mass is 16.5. The second-order valence-electron chi connectivity index (χ2n) is 3.41. The molecule has 0 aliphatic carbocycles. The van der Waals surface area contributed by atoms with Crippen LogP contribution in [-0.4, -0.2) is 13.7 Å². The van der Waals surface area contributed by atoms with Gasteiger partial charge in [-0.05, 0) is 18.9 Å². The maximum absolute atomic E-state index is 5.48. The third kappa shape index (κ3) is 3.10. The van der Waals surface area contributed by atoms with Crippen LogP contribution in [0.15, 0.2) is 24.3 Å². The number of nitrogens with one attached hydrogen (secondary N) is 1. The number of hydrogen-bond acceptors (Lipinski definition) is 3. The fourth-order valence-corrected chi connectivity index (χ4v) is 1.38. The molecule has 0 aromatic heterocycles. The summed E-state index contributed by atoms with van der Waals surface area (Å²) in [5.41, 5.74) is 5.26. The minimum Gasteiger partial charge on any atom is -0.385 e. The molecule has 0 aliphatic heterocycles. The van der Waals surface area contributed by atoms with Crippen LogP contribution in [0, 0.1) is 6.92 Å². The first kappa shape index (κ1) is 11.2. The molecule has 1 rings (SSSR count). The Hall–Kier alpha value is -0.900. The molecule has 0 spiro atoms. The fourth-order valence-electron chi connectivity index (χ4n) is 1.38. The third-order valence-electron chi connectivity index (χ3n) is 2.29. The highest BCUT2D eigenvalue weighted by Gasteiger charge is 2.08. The zero-order valence-electron chi connectivity index (χ0n) is 8.79. The van der Waals surface area contributed by atoms with Gasteiger partial charge < -0.3 is 4.74 Å². The van der Waals surface area contributed by atoms with Crippen LogP contribution < -0.4 is 11.3 Å². The number of aryl methyl sites for hydroxylation is 1. The number of hydrazine groups is 1. The quantitative estimate of drug-likeness (QED) is 0.552. The van der Waals surface area contributed by atoms with Crippen molar-refractivity contribution in [2.45, 2.75) is 19.4 Å². The Morgan fingerprint density at radius 3 is 2.50 bits per heavy atom. The van der Waals surface area contributed by atoms with Gasteiger partial charge in [-0.1, -0.05) is 29.8 Å². The van der Waals surface area contributed by atoms with Crippen LogP contribution in [-0.2, 0) is 4.74 Å². The first-order valence-corrected chi connectivity index (χ1v) is 4.79. The predicted octanol–water partition coefficient (Wildman–Crippen LogP) is 1.54. The number of benzene rings is 1. The molecule has 78 valence electrons. The number of rotatable bonds is 5. The van der Waals surface area contributed by atoms with Gasteiger partial charge in [0.15, 0.2) is 0 Å². The number of ether oxygens (including phenoxy) is 1. The summed E-state index contributed by atoms with van der Waals surface area (Å²) in [5, 5.41) is 0. The van der Waals surface area contributed by atoms with Gasteiger partial charge in [-0.3, -0.25) is 11.3 Å². The summed E-state index contributed by atoms with van der Waals surface area (Å²) in [5.74, 6) is 5.48. The van der Waals surface area contributed by atoms with Gasteiger partial charge >= 0.3 is 0 Å². The molecule has 14 heavy (non-hydrogen) atoms. The van der Waals surface area contributed by atoms with Crippen molar-refractivity contribution in [3.8, 4) is 0 Å². The predicted molar refractivity (Wildman–Crippen MR) is 57.7 cm³/mol. The molecule has 1 aromatic rings. The normalized spacial score (nSPS) is 12.8. The van der Waals surface area contributed by atoms with Crippen LogP contribution in [0.25, 0.3) is 0 Å². The summed E-state index contributed by atoms with van der Waals surface area (Å²) >= 11 is 0. The largest absolute Gasteiger partial charge is 0.385 e. The van der Waals surface area contributed by atoms with E-state index in [-0.39, 0.29) is 6.04 Å². The van der Waals surface area contributed by atoms with E-state index in [1.165, 1.54) is 11.1 Å². The third-order valence-corrected chi connectivity index (χ3v) is 2.29. The lowest BCUT2D eigenvalue weighted by Crippen LogP contribution is -2.28. The lowest BCUT2D eigenvalue weighted by molar-refractivity contribution is 0.183. The molecular formula is C11H18N2O. The molecule has 1 aromatic carbocycles. The Kier molecular flexibility index (Phi) is 4.59. The average Bonchev–Trinajstić information content (AvgIpc) is 2.21. The van der Waals surface area contributed by atoms with Crippen molar-refractivity contribution in [3.05, 3.63) is 35.4 Å². The van der Waals surface area contributed by atoms with Crippen LogP contribution in [0.2, 0.25) is 0 Å². The Morgan fingerprint density at radius 2 is 2.00 bits per heavy atom. The van der Waals surface area contributed by atoms with Crippen LogP contribution in [0.3, 0.4) is 0 Å². The minimum absolute atomic E-state index is 0.176. The van der Waals surface area contributed by atoms with Gasteiger partial charge in [0.1, 0.15) is 0 Å². The monoisotopic (exact) mass is 194 g/mol. The van der Waals surface area contributed by atoms with Crippen LogP contribution in [0.5, 0.6) is 0 Å². The average molecular weight is 194 g/mol. The van der Waals surface area contributed by atoms with E-state index >= 15 is 0 Å². The molecule has 0 amide bonds. The van der Waals surface area contributed by atoms with E-state index in [4.69, 9.17) is 10.6 Å². The van der Waals surface area contributed by atoms with E-state index in [2.05, 4.69) is 36.6 Å². The van der Waals surface area contributed by atoms with E-state index in [1.54, 1.807) is 7.11 Å². The minimum atomic E-state index is 0.176. The molecule has 1 unspecified atom stereocenters. The van der Waals surface area contributed by atoms with E-state index in [0.29, 0.717) is 6.61 Å². The van der Waals surface area contributed by atoms with Crippen molar-refractivity contribution in [1.29, 1.82) is 0 Å². The zero-order valence-corrected chi connectivity index (χ0v) is 8.79. The van der Waals surface area contributed by atoms with E-state index in [0.717, 1.165) is 6.42 Å². The lowest BCUT2D eigenvalue weighted by Gasteiger charge is -2.15. The highest BCUT2D eigenvalue weighted by molar-refractivity contribution is 5.23. The number of nitrogens with two attached hydrogens (primary N) is 1. The standard InChI is InChI=1S/C11H18N2O/c1-9-3-5-10(6-4-9)11(13-12)7-8-14-2/h3-6,11,13H,7-8,12H2,1-2H3. The second kappa shape index (κ2) is 5.75. The first-order chi connectivity index (χ1) is 6.77. The van der Waals surface area contributed by atoms with Crippen molar-refractivity contribution in [2.24, 2.45) is 5.84 Å². The van der Waals surface area contributed by atoms with E-state index in [9.17, 15) is 0 Å². The molecule has 3 heteroatoms. The van der Waals surface area contributed by atoms with Gasteiger partial charge in [-0.25, -0.2) is 0 Å². The lowest BCUT2D eigenvalue weighted by atomic mass is 10.0. The van der Waals surface area contributed by atoms with Gasteiger partial charge in [-0.15, -0.1) is 0 Å². The smallest absolute Gasteiger partial charge is 0.0481 e. The molecule has 3 N–H and O–H groups in total. The van der Waals surface area contributed by atoms with Gasteiger partial charge in [-0.2, -0.15) is 0 Å². The maximum Gasteiger partial charge on any atom is 0.0481 e. The summed E-state index contributed by atoms with van der Waals surface area (Å²) < 4.78 is 5.02. The van der Waals surface area contributed by atoms with Gasteiger partial charge in [0.25, 0.3) is 0 Å². The van der Waals surface area contributed by atoms with E-state index < -0.39 is 0 Å². The summed E-state index contributed by atoms with van der Waals surface area (Å²) in [7, 11) is 1.70. The fraction of sp³-hybridized carbons (Fsp3) is 0.455. The molecule has 1 atom stereocenters. The molecule has 0 heterocycles. The first-order valence-electron chi connectivity index (χ1n) is 4.79. The summed E-state index contributed by atoms with van der Waals surface area (Å²) in [6.07, 6.45) is 0.885. The Balaban J connectivity index is 2.64. The highest BCUT2D eigenvalue weighted by Crippen LogP contribution is 2.16. The molecule has 0 saturated heterocycles. The molecule has 0 radical (unpaired) electrons. The van der Waals surface area contributed by atoms with E-state index in [1.807, 2.05) is 0 Å². The van der Waals surface area contributed by atoms with Gasteiger partial charge in [0, 0.05) is 19.8 Å². The molecule has 0 fully saturated rings. The topological polar surface area (TPSA) is 47.3 Å². The van der Waals surface area contributed by atoms with Crippen LogP contribution >= 0.6 is 0 Å². The SMILES string of the molecule is COCCC(NN)c1ccc(C)cc1. The van der Waals surface area contributed by atoms with Gasteiger partial charge in [0.05, 0.1) is 0 Å². The maximum atomic E-state index is 5.48. The molecular weight excluding hydrogens is 176 g/mol. The molecule has 0 aliphatic rings. The van der Waals surface area contributed by atoms with Crippen molar-refractivity contribution < 1.29 is 4.74 Å². The Labute approximate surface area is 85.2 Å². The second-order valence-corrected chi connectivity index (χ2v) is 3.41. The van der Waals surface area contributed by atoms with Crippen molar-refractivity contribution in [3.63, 3.8) is 0 Å². The van der Waals surface area contributed by atoms with Crippen molar-refractivity contribution in [1.82, 2.24) is 5.43 Å². The van der Waals surface area contributed by atoms with Crippen molar-refractivity contribution >= 4 is 0 Å². The Bertz CT molecular complexity index is 258. The summed E-state index contributed by atoms with van der Waals surface area (Å²) in [4.78, 5) is 0. The number of methoxy groups -OCH3 is 1. The van der Waals surface area contributed by atoms with Crippen molar-refractivity contribution in [2.75, 3.05) is 13.7 Å². The molecule has 3 nitrogen and oxygen atoms in total. The molecule has 0 saturated carbocycles. The van der Waals surface area contributed by atoms with Crippen LogP contribution in [0.4, 0.5) is 0 Å².